The molecule has 106 valence electrons. The molecule has 5 nitrogen and oxygen atoms in total. The van der Waals surface area contributed by atoms with E-state index in [4.69, 9.17) is 15.2 Å². The number of benzene rings is 1. The lowest BCUT2D eigenvalue weighted by atomic mass is 9.98. The van der Waals surface area contributed by atoms with Gasteiger partial charge in [-0.1, -0.05) is 0 Å². The van der Waals surface area contributed by atoms with Crippen LogP contribution >= 0.6 is 0 Å². The number of carbonyl (C=O) groups excluding carboxylic acids is 1. The average Bonchev–Trinajstić information content (AvgIpc) is 2.41. The maximum absolute atomic E-state index is 11.5. The minimum absolute atomic E-state index is 0.195. The molecule has 0 heterocycles. The number of amides is 1. The van der Waals surface area contributed by atoms with Gasteiger partial charge in [-0.15, -0.1) is 0 Å². The molecule has 1 atom stereocenters. The van der Waals surface area contributed by atoms with Crippen LogP contribution in [0.1, 0.15) is 16.7 Å². The summed E-state index contributed by atoms with van der Waals surface area (Å²) in [6, 6.07) is 1.27. The number of methoxy groups -OCH3 is 2. The molecule has 0 fully saturated rings. The third-order valence-corrected chi connectivity index (χ3v) is 3.32. The van der Waals surface area contributed by atoms with Crippen molar-refractivity contribution in [2.24, 2.45) is 5.73 Å². The van der Waals surface area contributed by atoms with Gasteiger partial charge in [-0.25, -0.2) is 0 Å². The number of nitrogens with two attached hydrogens (primary N) is 1. The number of nitrogens with one attached hydrogen (secondary N) is 1. The van der Waals surface area contributed by atoms with Gasteiger partial charge in [0, 0.05) is 19.0 Å². The van der Waals surface area contributed by atoms with Gasteiger partial charge in [-0.05, 0) is 31.0 Å². The Kier molecular flexibility index (Phi) is 5.18. The van der Waals surface area contributed by atoms with E-state index < -0.39 is 6.04 Å². The number of rotatable bonds is 5. The van der Waals surface area contributed by atoms with Crippen LogP contribution < -0.4 is 20.5 Å². The standard InChI is InChI=1S/C14H22N2O3/c1-8-9(2)13(19-5)10(7-12(8)18-4)6-11(15)14(17)16-3/h7,11H,6,15H2,1-5H3,(H,16,17). The predicted molar refractivity (Wildman–Crippen MR) is 74.8 cm³/mol. The van der Waals surface area contributed by atoms with E-state index in [-0.39, 0.29) is 5.91 Å². The SMILES string of the molecule is CNC(=O)C(N)Cc1cc(OC)c(C)c(C)c1OC. The lowest BCUT2D eigenvalue weighted by Crippen LogP contribution is -2.40. The molecule has 0 bridgehead atoms. The monoisotopic (exact) mass is 266 g/mol. The second kappa shape index (κ2) is 6.43. The Balaban J connectivity index is 3.19. The summed E-state index contributed by atoms with van der Waals surface area (Å²) in [6.45, 7) is 3.94. The molecule has 0 aliphatic heterocycles. The molecule has 19 heavy (non-hydrogen) atoms. The minimum Gasteiger partial charge on any atom is -0.496 e. The van der Waals surface area contributed by atoms with Crippen LogP contribution in [0.5, 0.6) is 11.5 Å². The van der Waals surface area contributed by atoms with Gasteiger partial charge in [0.1, 0.15) is 11.5 Å². The second-order valence-electron chi connectivity index (χ2n) is 4.45. The maximum atomic E-state index is 11.5. The first kappa shape index (κ1) is 15.3. The van der Waals surface area contributed by atoms with Crippen LogP contribution in [0, 0.1) is 13.8 Å². The zero-order chi connectivity index (χ0) is 14.6. The highest BCUT2D eigenvalue weighted by molar-refractivity contribution is 5.81. The fourth-order valence-corrected chi connectivity index (χ4v) is 2.09. The first-order valence-electron chi connectivity index (χ1n) is 6.14. The fourth-order valence-electron chi connectivity index (χ4n) is 2.09. The summed E-state index contributed by atoms with van der Waals surface area (Å²) >= 11 is 0. The smallest absolute Gasteiger partial charge is 0.237 e. The van der Waals surface area contributed by atoms with Crippen molar-refractivity contribution in [3.63, 3.8) is 0 Å². The number of likely N-dealkylation sites (N-methyl/N-ethyl adjacent to an activating group) is 1. The van der Waals surface area contributed by atoms with Gasteiger partial charge >= 0.3 is 0 Å². The van der Waals surface area contributed by atoms with Gasteiger partial charge < -0.3 is 20.5 Å². The molecule has 0 spiro atoms. The summed E-state index contributed by atoms with van der Waals surface area (Å²) in [5.41, 5.74) is 8.75. The second-order valence-corrected chi connectivity index (χ2v) is 4.45. The predicted octanol–water partition coefficient (Wildman–Crippen LogP) is 0.936. The van der Waals surface area contributed by atoms with E-state index in [1.807, 2.05) is 19.9 Å². The van der Waals surface area contributed by atoms with E-state index in [9.17, 15) is 4.79 Å². The van der Waals surface area contributed by atoms with Crippen molar-refractivity contribution in [1.82, 2.24) is 5.32 Å². The van der Waals surface area contributed by atoms with Crippen LogP contribution in [0.25, 0.3) is 0 Å². The number of ether oxygens (including phenoxy) is 2. The summed E-state index contributed by atoms with van der Waals surface area (Å²) in [5, 5.41) is 2.54. The average molecular weight is 266 g/mol. The first-order chi connectivity index (χ1) is 8.96. The van der Waals surface area contributed by atoms with Crippen molar-refractivity contribution in [1.29, 1.82) is 0 Å². The molecule has 0 aromatic heterocycles. The van der Waals surface area contributed by atoms with E-state index in [1.54, 1.807) is 21.3 Å². The van der Waals surface area contributed by atoms with Gasteiger partial charge in [0.25, 0.3) is 0 Å². The fraction of sp³-hybridized carbons (Fsp3) is 0.500. The molecule has 0 saturated heterocycles. The van der Waals surface area contributed by atoms with E-state index >= 15 is 0 Å². The molecule has 3 N–H and O–H groups in total. The van der Waals surface area contributed by atoms with Crippen molar-refractivity contribution in [2.75, 3.05) is 21.3 Å². The Morgan fingerprint density at radius 2 is 1.95 bits per heavy atom. The number of hydrogen-bond donors (Lipinski definition) is 2. The van der Waals surface area contributed by atoms with Crippen molar-refractivity contribution in [2.45, 2.75) is 26.3 Å². The molecule has 1 aromatic rings. The maximum Gasteiger partial charge on any atom is 0.237 e. The number of hydrogen-bond acceptors (Lipinski definition) is 4. The van der Waals surface area contributed by atoms with Crippen LogP contribution in [-0.2, 0) is 11.2 Å². The summed E-state index contributed by atoms with van der Waals surface area (Å²) in [7, 11) is 4.81. The molecular formula is C14H22N2O3. The van der Waals surface area contributed by atoms with Gasteiger partial charge in [-0.2, -0.15) is 0 Å². The van der Waals surface area contributed by atoms with E-state index in [1.165, 1.54) is 0 Å². The molecular weight excluding hydrogens is 244 g/mol. The highest BCUT2D eigenvalue weighted by Crippen LogP contribution is 2.33. The largest absolute Gasteiger partial charge is 0.496 e. The van der Waals surface area contributed by atoms with Gasteiger partial charge in [0.2, 0.25) is 5.91 Å². The minimum atomic E-state index is -0.606. The zero-order valence-electron chi connectivity index (χ0n) is 12.2. The van der Waals surface area contributed by atoms with Crippen LogP contribution in [0.15, 0.2) is 6.07 Å². The summed E-state index contributed by atoms with van der Waals surface area (Å²) in [5.74, 6) is 1.34. The van der Waals surface area contributed by atoms with Gasteiger partial charge in [0.15, 0.2) is 0 Å². The van der Waals surface area contributed by atoms with Gasteiger partial charge in [0.05, 0.1) is 20.3 Å². The quantitative estimate of drug-likeness (QED) is 0.831. The Morgan fingerprint density at radius 3 is 2.42 bits per heavy atom. The third kappa shape index (κ3) is 3.17. The zero-order valence-corrected chi connectivity index (χ0v) is 12.2. The Labute approximate surface area is 114 Å². The van der Waals surface area contributed by atoms with E-state index in [0.717, 1.165) is 28.2 Å². The van der Waals surface area contributed by atoms with Crippen LogP contribution in [0.2, 0.25) is 0 Å². The van der Waals surface area contributed by atoms with Crippen molar-refractivity contribution in [3.8, 4) is 11.5 Å². The van der Waals surface area contributed by atoms with Crippen molar-refractivity contribution >= 4 is 5.91 Å². The third-order valence-electron chi connectivity index (χ3n) is 3.32. The molecule has 1 unspecified atom stereocenters. The summed E-state index contributed by atoms with van der Waals surface area (Å²) in [6.07, 6.45) is 0.403. The van der Waals surface area contributed by atoms with E-state index in [0.29, 0.717) is 6.42 Å². The lowest BCUT2D eigenvalue weighted by Gasteiger charge is -2.18. The Hall–Kier alpha value is -1.75. The van der Waals surface area contributed by atoms with Crippen LogP contribution in [-0.4, -0.2) is 33.2 Å². The van der Waals surface area contributed by atoms with Gasteiger partial charge in [-0.3, -0.25) is 4.79 Å². The lowest BCUT2D eigenvalue weighted by molar-refractivity contribution is -0.121. The summed E-state index contributed by atoms with van der Waals surface area (Å²) in [4.78, 5) is 11.5. The molecule has 1 aromatic carbocycles. The first-order valence-corrected chi connectivity index (χ1v) is 6.14. The normalized spacial score (nSPS) is 11.9. The highest BCUT2D eigenvalue weighted by Gasteiger charge is 2.19. The highest BCUT2D eigenvalue weighted by atomic mass is 16.5. The molecule has 0 saturated carbocycles. The molecule has 0 aliphatic carbocycles. The molecule has 1 rings (SSSR count). The summed E-state index contributed by atoms with van der Waals surface area (Å²) < 4.78 is 10.8. The van der Waals surface area contributed by atoms with Crippen molar-refractivity contribution < 1.29 is 14.3 Å². The topological polar surface area (TPSA) is 73.6 Å². The Bertz CT molecular complexity index is 472. The van der Waals surface area contributed by atoms with Crippen LogP contribution in [0.3, 0.4) is 0 Å². The Morgan fingerprint density at radius 1 is 1.32 bits per heavy atom. The molecule has 5 heteroatoms. The van der Waals surface area contributed by atoms with Crippen molar-refractivity contribution in [3.05, 3.63) is 22.8 Å². The van der Waals surface area contributed by atoms with Crippen LogP contribution in [0.4, 0.5) is 0 Å². The number of carbonyl (C=O) groups is 1. The molecule has 0 aliphatic rings. The molecule has 1 amide bonds. The van der Waals surface area contributed by atoms with E-state index in [2.05, 4.69) is 5.32 Å². The molecule has 0 radical (unpaired) electrons.